The topological polar surface area (TPSA) is 60.7 Å². The van der Waals surface area contributed by atoms with Crippen LogP contribution in [0.2, 0.25) is 0 Å². The van der Waals surface area contributed by atoms with Crippen LogP contribution in [0.15, 0.2) is 35.6 Å². The summed E-state index contributed by atoms with van der Waals surface area (Å²) in [5.41, 5.74) is -1.71. The minimum atomic E-state index is -1.40. The van der Waals surface area contributed by atoms with Crippen molar-refractivity contribution in [1.82, 2.24) is 0 Å². The molecule has 0 radical (unpaired) electrons. The van der Waals surface area contributed by atoms with Gasteiger partial charge in [-0.2, -0.15) is 0 Å². The summed E-state index contributed by atoms with van der Waals surface area (Å²) in [6, 6.07) is 0. The Morgan fingerprint density at radius 1 is 1.17 bits per heavy atom. The summed E-state index contributed by atoms with van der Waals surface area (Å²) < 4.78 is 16.4. The minimum absolute atomic E-state index is 0.0196. The number of aliphatic hydroxyl groups is 3. The van der Waals surface area contributed by atoms with Crippen LogP contribution in [0.5, 0.6) is 0 Å². The molecule has 0 aromatic carbocycles. The Kier molecular flexibility index (Phi) is 3.00. The lowest BCUT2D eigenvalue weighted by molar-refractivity contribution is -0.128. The molecule has 7 atom stereocenters. The first kappa shape index (κ1) is 15.4. The number of hydrogen-bond donors (Lipinski definition) is 3. The highest BCUT2D eigenvalue weighted by atomic mass is 19.1. The van der Waals surface area contributed by atoms with Crippen molar-refractivity contribution in [3.8, 4) is 0 Å². The maximum atomic E-state index is 16.4. The van der Waals surface area contributed by atoms with Gasteiger partial charge in [-0.3, -0.25) is 0 Å². The largest absolute Gasteiger partial charge is 0.508 e. The van der Waals surface area contributed by atoms with Crippen LogP contribution in [0.4, 0.5) is 4.39 Å². The predicted octanol–water partition coefficient (Wildman–Crippen LogP) is 3.20. The van der Waals surface area contributed by atoms with Crippen LogP contribution in [0.25, 0.3) is 0 Å². The van der Waals surface area contributed by atoms with Crippen molar-refractivity contribution in [3.63, 3.8) is 0 Å². The Hall–Kier alpha value is -1.13. The molecule has 2 fully saturated rings. The molecule has 0 amide bonds. The van der Waals surface area contributed by atoms with E-state index >= 15 is 4.39 Å². The van der Waals surface area contributed by atoms with Crippen LogP contribution in [0, 0.1) is 22.7 Å². The van der Waals surface area contributed by atoms with Crippen molar-refractivity contribution in [2.24, 2.45) is 22.7 Å². The number of halogens is 1. The quantitative estimate of drug-likeness (QED) is 0.642. The lowest BCUT2D eigenvalue weighted by Crippen LogP contribution is -2.59. The maximum Gasteiger partial charge on any atom is 0.127 e. The van der Waals surface area contributed by atoms with Gasteiger partial charge < -0.3 is 15.3 Å². The van der Waals surface area contributed by atoms with Crippen LogP contribution in [-0.2, 0) is 0 Å². The van der Waals surface area contributed by atoms with E-state index in [9.17, 15) is 15.3 Å². The van der Waals surface area contributed by atoms with E-state index in [0.29, 0.717) is 25.7 Å². The molecule has 2 saturated carbocycles. The Bertz CT molecular complexity index is 639. The first-order valence-electron chi connectivity index (χ1n) is 8.58. The van der Waals surface area contributed by atoms with Crippen LogP contribution < -0.4 is 0 Å². The summed E-state index contributed by atoms with van der Waals surface area (Å²) in [5, 5.41) is 30.3. The van der Waals surface area contributed by atoms with Gasteiger partial charge in [-0.05, 0) is 61.7 Å². The lowest BCUT2D eigenvalue weighted by Gasteiger charge is -2.58. The van der Waals surface area contributed by atoms with Crippen LogP contribution in [-0.4, -0.2) is 33.2 Å². The summed E-state index contributed by atoms with van der Waals surface area (Å²) in [4.78, 5) is 0. The summed E-state index contributed by atoms with van der Waals surface area (Å²) in [6.45, 7) is 3.91. The van der Waals surface area contributed by atoms with Gasteiger partial charge >= 0.3 is 0 Å². The Morgan fingerprint density at radius 3 is 2.65 bits per heavy atom. The Labute approximate surface area is 136 Å². The van der Waals surface area contributed by atoms with Crippen LogP contribution in [0.1, 0.15) is 39.5 Å². The zero-order chi connectivity index (χ0) is 16.6. The number of fused-ring (bicyclic) bond motifs is 5. The fourth-order valence-electron chi connectivity index (χ4n) is 5.83. The fraction of sp³-hybridized carbons (Fsp3) is 0.684. The summed E-state index contributed by atoms with van der Waals surface area (Å²) in [7, 11) is 0. The number of allylic oxidation sites excluding steroid dienone is 5. The summed E-state index contributed by atoms with van der Waals surface area (Å²) in [5.74, 6) is -0.0583. The molecule has 4 aliphatic carbocycles. The third kappa shape index (κ3) is 1.71. The first-order chi connectivity index (χ1) is 10.7. The Morgan fingerprint density at radius 2 is 1.91 bits per heavy atom. The van der Waals surface area contributed by atoms with Crippen molar-refractivity contribution in [2.75, 3.05) is 0 Å². The first-order valence-corrected chi connectivity index (χ1v) is 8.58. The molecule has 0 aromatic rings. The highest BCUT2D eigenvalue weighted by Gasteiger charge is 2.67. The van der Waals surface area contributed by atoms with E-state index in [1.54, 1.807) is 18.2 Å². The van der Waals surface area contributed by atoms with Gasteiger partial charge in [0.2, 0.25) is 0 Å². The molecule has 4 heteroatoms. The molecule has 0 heterocycles. The molecule has 0 bridgehead atoms. The average Bonchev–Trinajstić information content (AvgIpc) is 2.73. The third-order valence-corrected chi connectivity index (χ3v) is 7.43. The smallest absolute Gasteiger partial charge is 0.127 e. The van der Waals surface area contributed by atoms with E-state index in [-0.39, 0.29) is 17.6 Å². The third-order valence-electron chi connectivity index (χ3n) is 7.43. The van der Waals surface area contributed by atoms with Crippen molar-refractivity contribution in [2.45, 2.75) is 57.4 Å². The molecule has 4 rings (SSSR count). The van der Waals surface area contributed by atoms with Crippen LogP contribution in [0.3, 0.4) is 0 Å². The molecule has 3 N–H and O–H groups in total. The molecule has 23 heavy (non-hydrogen) atoms. The summed E-state index contributed by atoms with van der Waals surface area (Å²) in [6.07, 6.45) is 7.59. The summed E-state index contributed by atoms with van der Waals surface area (Å²) >= 11 is 0. The highest BCUT2D eigenvalue weighted by molar-refractivity contribution is 5.46. The molecule has 3 nitrogen and oxygen atoms in total. The highest BCUT2D eigenvalue weighted by Crippen LogP contribution is 2.66. The molecule has 4 aliphatic rings. The minimum Gasteiger partial charge on any atom is -0.508 e. The maximum absolute atomic E-state index is 16.4. The molecular weight excluding hydrogens is 295 g/mol. The van der Waals surface area contributed by atoms with E-state index in [4.69, 9.17) is 0 Å². The monoisotopic (exact) mass is 320 g/mol. The molecule has 0 spiro atoms. The number of hydrogen-bond acceptors (Lipinski definition) is 3. The predicted molar refractivity (Wildman–Crippen MR) is 85.4 cm³/mol. The lowest BCUT2D eigenvalue weighted by atomic mass is 9.48. The van der Waals surface area contributed by atoms with Crippen molar-refractivity contribution < 1.29 is 19.7 Å². The zero-order valence-corrected chi connectivity index (χ0v) is 13.7. The second-order valence-corrected chi connectivity index (χ2v) is 8.33. The SMILES string of the molecule is C[C@]12CC[C@]3(F)[C@@H](CC=C4C=C(O)C=C[C@@]43C)[C@@H]1C[C@@H](O)[C@@H]2O. The zero-order valence-electron chi connectivity index (χ0n) is 13.7. The van der Waals surface area contributed by atoms with Gasteiger partial charge in [0.05, 0.1) is 12.2 Å². The molecule has 0 saturated heterocycles. The van der Waals surface area contributed by atoms with E-state index in [2.05, 4.69) is 0 Å². The second kappa shape index (κ2) is 4.48. The number of alkyl halides is 1. The normalized spacial score (nSPS) is 54.7. The van der Waals surface area contributed by atoms with Gasteiger partial charge in [0.15, 0.2) is 0 Å². The van der Waals surface area contributed by atoms with Gasteiger partial charge in [0.1, 0.15) is 11.4 Å². The van der Waals surface area contributed by atoms with E-state index in [0.717, 1.165) is 5.57 Å². The van der Waals surface area contributed by atoms with Crippen molar-refractivity contribution in [1.29, 1.82) is 0 Å². The van der Waals surface area contributed by atoms with Crippen molar-refractivity contribution >= 4 is 0 Å². The standard InChI is InChI=1S/C19H25FO3/c1-17-7-8-19(20)13(14(17)10-15(22)16(17)23)4-3-11-9-12(21)5-6-18(11,19)2/h3,5-6,9,13-16,21-23H,4,7-8,10H2,1-2H3/t13-,14-,15+,16-,17-,18-,19-/m0/s1. The van der Waals surface area contributed by atoms with Crippen LogP contribution >= 0.6 is 0 Å². The molecule has 0 aliphatic heterocycles. The second-order valence-electron chi connectivity index (χ2n) is 8.33. The van der Waals surface area contributed by atoms with Gasteiger partial charge in [0, 0.05) is 11.3 Å². The van der Waals surface area contributed by atoms with Gasteiger partial charge in [-0.15, -0.1) is 0 Å². The van der Waals surface area contributed by atoms with Gasteiger partial charge in [-0.1, -0.05) is 19.1 Å². The molecular formula is C19H25FO3. The Balaban J connectivity index is 1.80. The van der Waals surface area contributed by atoms with Gasteiger partial charge in [-0.25, -0.2) is 4.39 Å². The van der Waals surface area contributed by atoms with E-state index < -0.39 is 28.7 Å². The molecule has 126 valence electrons. The molecule has 0 aromatic heterocycles. The van der Waals surface area contributed by atoms with E-state index in [1.807, 2.05) is 19.9 Å². The number of aliphatic hydroxyl groups excluding tert-OH is 3. The average molecular weight is 320 g/mol. The fourth-order valence-corrected chi connectivity index (χ4v) is 5.83. The van der Waals surface area contributed by atoms with Crippen molar-refractivity contribution in [3.05, 3.63) is 35.6 Å². The number of rotatable bonds is 0. The van der Waals surface area contributed by atoms with E-state index in [1.165, 1.54) is 0 Å². The molecule has 0 unspecified atom stereocenters. The van der Waals surface area contributed by atoms with Gasteiger partial charge in [0.25, 0.3) is 0 Å².